The van der Waals surface area contributed by atoms with Crippen molar-refractivity contribution in [1.82, 2.24) is 0 Å². The molecular weight excluding hydrogens is 240 g/mol. The number of hydrogen-bond acceptors (Lipinski definition) is 2. The summed E-state index contributed by atoms with van der Waals surface area (Å²) in [5, 5.41) is 0. The highest BCUT2D eigenvalue weighted by molar-refractivity contribution is 7.99. The van der Waals surface area contributed by atoms with Crippen molar-refractivity contribution in [3.8, 4) is 0 Å². The maximum absolute atomic E-state index is 13.5. The first-order valence-corrected chi connectivity index (χ1v) is 7.10. The van der Waals surface area contributed by atoms with Gasteiger partial charge < -0.3 is 5.73 Å². The quantitative estimate of drug-likeness (QED) is 0.897. The molecule has 94 valence electrons. The second-order valence-electron chi connectivity index (χ2n) is 4.56. The Morgan fingerprint density at radius 2 is 2.00 bits per heavy atom. The lowest BCUT2D eigenvalue weighted by atomic mass is 9.91. The van der Waals surface area contributed by atoms with E-state index in [0.29, 0.717) is 11.5 Å². The number of nitrogens with two attached hydrogens (primary N) is 1. The molecule has 1 aromatic carbocycles. The Balaban J connectivity index is 2.00. The van der Waals surface area contributed by atoms with Crippen molar-refractivity contribution in [1.29, 1.82) is 0 Å². The Labute approximate surface area is 105 Å². The lowest BCUT2D eigenvalue weighted by Crippen LogP contribution is -2.19. The molecule has 1 heterocycles. The van der Waals surface area contributed by atoms with Gasteiger partial charge in [0.1, 0.15) is 11.6 Å². The molecule has 0 spiro atoms. The monoisotopic (exact) mass is 257 g/mol. The van der Waals surface area contributed by atoms with Crippen LogP contribution in [-0.4, -0.2) is 11.5 Å². The van der Waals surface area contributed by atoms with Crippen LogP contribution in [0.1, 0.15) is 30.9 Å². The van der Waals surface area contributed by atoms with Gasteiger partial charge >= 0.3 is 0 Å². The topological polar surface area (TPSA) is 26.0 Å². The molecule has 0 bridgehead atoms. The zero-order valence-corrected chi connectivity index (χ0v) is 10.5. The van der Waals surface area contributed by atoms with Gasteiger partial charge in [0, 0.05) is 17.7 Å². The van der Waals surface area contributed by atoms with Crippen molar-refractivity contribution < 1.29 is 8.78 Å². The van der Waals surface area contributed by atoms with E-state index in [1.54, 1.807) is 0 Å². The summed E-state index contributed by atoms with van der Waals surface area (Å²) in [7, 11) is 0. The second-order valence-corrected chi connectivity index (χ2v) is 5.79. The molecule has 0 saturated carbocycles. The van der Waals surface area contributed by atoms with E-state index in [2.05, 4.69) is 0 Å². The smallest absolute Gasteiger partial charge is 0.130 e. The van der Waals surface area contributed by atoms with Gasteiger partial charge in [-0.2, -0.15) is 11.8 Å². The van der Waals surface area contributed by atoms with E-state index in [4.69, 9.17) is 5.73 Å². The summed E-state index contributed by atoms with van der Waals surface area (Å²) in [6, 6.07) is 3.33. The van der Waals surface area contributed by atoms with E-state index >= 15 is 0 Å². The van der Waals surface area contributed by atoms with Crippen LogP contribution in [0.25, 0.3) is 0 Å². The van der Waals surface area contributed by atoms with E-state index in [0.717, 1.165) is 25.3 Å². The van der Waals surface area contributed by atoms with Crippen LogP contribution >= 0.6 is 11.8 Å². The van der Waals surface area contributed by atoms with E-state index in [-0.39, 0.29) is 6.04 Å². The van der Waals surface area contributed by atoms with E-state index in [9.17, 15) is 8.78 Å². The largest absolute Gasteiger partial charge is 0.324 e. The van der Waals surface area contributed by atoms with Crippen LogP contribution in [0.5, 0.6) is 0 Å². The minimum Gasteiger partial charge on any atom is -0.324 e. The lowest BCUT2D eigenvalue weighted by molar-refractivity contribution is 0.405. The van der Waals surface area contributed by atoms with Gasteiger partial charge in [-0.05, 0) is 42.8 Å². The molecule has 1 aromatic rings. The SMILES string of the molecule is NC(CC1CCSCC1)c1ccc(F)cc1F. The molecule has 1 unspecified atom stereocenters. The van der Waals surface area contributed by atoms with Crippen LogP contribution in [0, 0.1) is 17.6 Å². The first-order valence-electron chi connectivity index (χ1n) is 5.95. The van der Waals surface area contributed by atoms with Crippen molar-refractivity contribution in [2.45, 2.75) is 25.3 Å². The standard InChI is InChI=1S/C13H17F2NS/c14-10-1-2-11(12(15)8-10)13(16)7-9-3-5-17-6-4-9/h1-2,8-9,13H,3-7,16H2. The van der Waals surface area contributed by atoms with Gasteiger partial charge in [-0.25, -0.2) is 8.78 Å². The molecular formula is C13H17F2NS. The molecule has 2 rings (SSSR count). The highest BCUT2D eigenvalue weighted by Gasteiger charge is 2.20. The van der Waals surface area contributed by atoms with Crippen LogP contribution in [0.3, 0.4) is 0 Å². The summed E-state index contributed by atoms with van der Waals surface area (Å²) in [5.74, 6) is 1.85. The van der Waals surface area contributed by atoms with Crippen LogP contribution in [-0.2, 0) is 0 Å². The van der Waals surface area contributed by atoms with Gasteiger partial charge in [0.25, 0.3) is 0 Å². The third-order valence-corrected chi connectivity index (χ3v) is 4.34. The number of benzene rings is 1. The summed E-state index contributed by atoms with van der Waals surface area (Å²) >= 11 is 1.96. The lowest BCUT2D eigenvalue weighted by Gasteiger charge is -2.24. The van der Waals surface area contributed by atoms with Gasteiger partial charge in [-0.1, -0.05) is 6.07 Å². The molecule has 2 N–H and O–H groups in total. The fourth-order valence-corrected chi connectivity index (χ4v) is 3.47. The first kappa shape index (κ1) is 12.8. The van der Waals surface area contributed by atoms with Crippen LogP contribution in [0.4, 0.5) is 8.78 Å². The first-order chi connectivity index (χ1) is 8.16. The molecule has 0 amide bonds. The third-order valence-electron chi connectivity index (χ3n) is 3.29. The molecule has 1 saturated heterocycles. The van der Waals surface area contributed by atoms with E-state index in [1.807, 2.05) is 11.8 Å². The van der Waals surface area contributed by atoms with Gasteiger partial charge in [-0.3, -0.25) is 0 Å². The highest BCUT2D eigenvalue weighted by atomic mass is 32.2. The molecule has 4 heteroatoms. The third kappa shape index (κ3) is 3.42. The number of hydrogen-bond donors (Lipinski definition) is 1. The van der Waals surface area contributed by atoms with Crippen molar-refractivity contribution in [2.75, 3.05) is 11.5 Å². The van der Waals surface area contributed by atoms with Crippen molar-refractivity contribution in [3.63, 3.8) is 0 Å². The minimum absolute atomic E-state index is 0.316. The Morgan fingerprint density at radius 1 is 1.29 bits per heavy atom. The normalized spacial score (nSPS) is 19.2. The fourth-order valence-electron chi connectivity index (χ4n) is 2.27. The number of halogens is 2. The Hall–Kier alpha value is -0.610. The Morgan fingerprint density at radius 3 is 2.65 bits per heavy atom. The molecule has 1 nitrogen and oxygen atoms in total. The Kier molecular flexibility index (Phi) is 4.40. The zero-order valence-electron chi connectivity index (χ0n) is 9.66. The average molecular weight is 257 g/mol. The average Bonchev–Trinajstić information content (AvgIpc) is 2.30. The van der Waals surface area contributed by atoms with Crippen molar-refractivity contribution in [3.05, 3.63) is 35.4 Å². The molecule has 17 heavy (non-hydrogen) atoms. The molecule has 0 radical (unpaired) electrons. The molecule has 1 fully saturated rings. The van der Waals surface area contributed by atoms with Gasteiger partial charge in [0.2, 0.25) is 0 Å². The summed E-state index contributed by atoms with van der Waals surface area (Å²) in [6.07, 6.45) is 3.10. The zero-order chi connectivity index (χ0) is 12.3. The summed E-state index contributed by atoms with van der Waals surface area (Å²) in [6.45, 7) is 0. The predicted molar refractivity (Wildman–Crippen MR) is 68.0 cm³/mol. The fraction of sp³-hybridized carbons (Fsp3) is 0.538. The molecule has 0 aliphatic carbocycles. The summed E-state index contributed by atoms with van der Waals surface area (Å²) in [5.41, 5.74) is 6.44. The van der Waals surface area contributed by atoms with Gasteiger partial charge in [0.15, 0.2) is 0 Å². The van der Waals surface area contributed by atoms with Crippen molar-refractivity contribution in [2.24, 2.45) is 11.7 Å². The second kappa shape index (κ2) is 5.83. The summed E-state index contributed by atoms with van der Waals surface area (Å²) in [4.78, 5) is 0. The highest BCUT2D eigenvalue weighted by Crippen LogP contribution is 2.30. The van der Waals surface area contributed by atoms with E-state index < -0.39 is 11.6 Å². The van der Waals surface area contributed by atoms with Gasteiger partial charge in [-0.15, -0.1) is 0 Å². The number of rotatable bonds is 3. The molecule has 1 atom stereocenters. The summed E-state index contributed by atoms with van der Waals surface area (Å²) < 4.78 is 26.3. The van der Waals surface area contributed by atoms with Crippen LogP contribution < -0.4 is 5.73 Å². The molecule has 1 aliphatic heterocycles. The predicted octanol–water partition coefficient (Wildman–Crippen LogP) is 3.50. The maximum Gasteiger partial charge on any atom is 0.130 e. The van der Waals surface area contributed by atoms with Crippen LogP contribution in [0.2, 0.25) is 0 Å². The molecule has 0 aromatic heterocycles. The van der Waals surface area contributed by atoms with Crippen molar-refractivity contribution >= 4 is 11.8 Å². The Bertz CT molecular complexity index is 378. The minimum atomic E-state index is -0.549. The van der Waals surface area contributed by atoms with Crippen LogP contribution in [0.15, 0.2) is 18.2 Å². The van der Waals surface area contributed by atoms with Gasteiger partial charge in [0.05, 0.1) is 0 Å². The number of thioether (sulfide) groups is 1. The van der Waals surface area contributed by atoms with E-state index in [1.165, 1.54) is 23.6 Å². The molecule has 1 aliphatic rings. The maximum atomic E-state index is 13.5.